The molecule has 0 aromatic heterocycles. The minimum Gasteiger partial charge on any atom is -0.277 e. The zero-order valence-electron chi connectivity index (χ0n) is 8.88. The second-order valence-electron chi connectivity index (χ2n) is 4.29. The molecule has 100 valence electrons. The van der Waals surface area contributed by atoms with E-state index in [4.69, 9.17) is 0 Å². The fourth-order valence-corrected chi connectivity index (χ4v) is 1.72. The van der Waals surface area contributed by atoms with Crippen LogP contribution in [0.5, 0.6) is 0 Å². The van der Waals surface area contributed by atoms with E-state index in [1.165, 1.54) is 0 Å². The van der Waals surface area contributed by atoms with E-state index in [1.54, 1.807) is 5.32 Å². The van der Waals surface area contributed by atoms with Crippen molar-refractivity contribution < 1.29 is 31.9 Å². The molecule has 0 aromatic rings. The molecule has 18 heavy (non-hydrogen) atoms. The molecule has 2 fully saturated rings. The molecule has 9 heteroatoms. The van der Waals surface area contributed by atoms with Gasteiger partial charge in [-0.25, -0.2) is 13.6 Å². The lowest BCUT2D eigenvalue weighted by molar-refractivity contribution is -0.159. The molecule has 2 aliphatic rings. The summed E-state index contributed by atoms with van der Waals surface area (Å²) < 4.78 is 49.7. The van der Waals surface area contributed by atoms with E-state index in [2.05, 4.69) is 0 Å². The Morgan fingerprint density at radius 3 is 2.28 bits per heavy atom. The second kappa shape index (κ2) is 3.66. The largest absolute Gasteiger partial charge is 0.330 e. The molecular formula is C9H8F4N2O3. The molecule has 0 aromatic carbocycles. The van der Waals surface area contributed by atoms with Crippen molar-refractivity contribution in [2.45, 2.75) is 25.2 Å². The van der Waals surface area contributed by atoms with E-state index in [0.717, 1.165) is 0 Å². The number of hydrogen-bond acceptors (Lipinski definition) is 3. The van der Waals surface area contributed by atoms with Gasteiger partial charge in [-0.1, -0.05) is 0 Å². The Morgan fingerprint density at radius 2 is 1.83 bits per heavy atom. The molecule has 0 bridgehead atoms. The van der Waals surface area contributed by atoms with Crippen LogP contribution in [0.2, 0.25) is 0 Å². The van der Waals surface area contributed by atoms with Crippen LogP contribution < -0.4 is 5.32 Å². The zero-order chi connectivity index (χ0) is 13.7. The summed E-state index contributed by atoms with van der Waals surface area (Å²) in [5.41, 5.74) is -1.51. The van der Waals surface area contributed by atoms with Crippen LogP contribution in [0.4, 0.5) is 22.4 Å². The van der Waals surface area contributed by atoms with Gasteiger partial charge in [-0.3, -0.25) is 19.8 Å². The third kappa shape index (κ3) is 1.73. The van der Waals surface area contributed by atoms with Gasteiger partial charge in [0.25, 0.3) is 0 Å². The first-order valence-electron chi connectivity index (χ1n) is 5.04. The number of carbonyl (C=O) groups is 3. The summed E-state index contributed by atoms with van der Waals surface area (Å²) in [6, 6.07) is -1.39. The summed E-state index contributed by atoms with van der Waals surface area (Å²) >= 11 is 0. The fourth-order valence-electron chi connectivity index (χ4n) is 1.72. The monoisotopic (exact) mass is 268 g/mol. The third-order valence-electron chi connectivity index (χ3n) is 2.99. The minimum atomic E-state index is -4.50. The van der Waals surface area contributed by atoms with Gasteiger partial charge in [-0.05, 0) is 12.8 Å². The number of halogens is 4. The summed E-state index contributed by atoms with van der Waals surface area (Å²) in [4.78, 5) is 34.2. The SMILES string of the molecule is O=C1NC(=O)C2(CC2)C(=O)N1CC(F)(F)C(F)F. The average molecular weight is 268 g/mol. The maximum Gasteiger partial charge on any atom is 0.330 e. The quantitative estimate of drug-likeness (QED) is 0.606. The smallest absolute Gasteiger partial charge is 0.277 e. The lowest BCUT2D eigenvalue weighted by Gasteiger charge is -2.32. The minimum absolute atomic E-state index is 0.0133. The first-order chi connectivity index (χ1) is 8.20. The fraction of sp³-hybridized carbons (Fsp3) is 0.667. The summed E-state index contributed by atoms with van der Waals surface area (Å²) in [7, 11) is 0. The molecule has 0 radical (unpaired) electrons. The molecule has 1 N–H and O–H groups in total. The number of imide groups is 2. The molecule has 1 saturated heterocycles. The Hall–Kier alpha value is -1.67. The van der Waals surface area contributed by atoms with Gasteiger partial charge in [0.15, 0.2) is 0 Å². The predicted octanol–water partition coefficient (Wildman–Crippen LogP) is 0.745. The van der Waals surface area contributed by atoms with Gasteiger partial charge in [0.2, 0.25) is 11.8 Å². The number of carbonyl (C=O) groups excluding carboxylic acids is 3. The van der Waals surface area contributed by atoms with Gasteiger partial charge < -0.3 is 0 Å². The maximum atomic E-state index is 12.8. The van der Waals surface area contributed by atoms with Crippen molar-refractivity contribution in [3.8, 4) is 0 Å². The van der Waals surface area contributed by atoms with E-state index in [9.17, 15) is 31.9 Å². The molecule has 1 aliphatic carbocycles. The molecule has 1 saturated carbocycles. The van der Waals surface area contributed by atoms with Crippen LogP contribution in [-0.2, 0) is 9.59 Å². The van der Waals surface area contributed by atoms with E-state index < -0.39 is 42.2 Å². The standard InChI is InChI=1S/C9H8F4N2O3/c10-4(11)9(12,13)3-15-6(17)8(1-2-8)5(16)14-7(15)18/h4H,1-3H2,(H,14,16,18). The molecule has 5 nitrogen and oxygen atoms in total. The Bertz CT molecular complexity index is 434. The van der Waals surface area contributed by atoms with Gasteiger partial charge in [0, 0.05) is 0 Å². The van der Waals surface area contributed by atoms with Crippen LogP contribution in [0.25, 0.3) is 0 Å². The van der Waals surface area contributed by atoms with E-state index in [1.807, 2.05) is 0 Å². The highest BCUT2D eigenvalue weighted by Gasteiger charge is 2.63. The van der Waals surface area contributed by atoms with Crippen molar-refractivity contribution in [2.75, 3.05) is 6.54 Å². The van der Waals surface area contributed by atoms with Gasteiger partial charge in [-0.15, -0.1) is 0 Å². The molecule has 2 rings (SSSR count). The van der Waals surface area contributed by atoms with Crippen molar-refractivity contribution in [1.82, 2.24) is 10.2 Å². The molecule has 0 unspecified atom stereocenters. The van der Waals surface area contributed by atoms with E-state index in [0.29, 0.717) is 0 Å². The first kappa shape index (κ1) is 12.8. The topological polar surface area (TPSA) is 66.5 Å². The summed E-state index contributed by atoms with van der Waals surface area (Å²) in [5.74, 6) is -6.48. The Labute approximate surface area is 98.1 Å². The van der Waals surface area contributed by atoms with Crippen molar-refractivity contribution >= 4 is 17.8 Å². The van der Waals surface area contributed by atoms with Crippen LogP contribution in [0, 0.1) is 5.41 Å². The molecule has 1 aliphatic heterocycles. The third-order valence-corrected chi connectivity index (χ3v) is 2.99. The van der Waals surface area contributed by atoms with Gasteiger partial charge in [-0.2, -0.15) is 8.78 Å². The van der Waals surface area contributed by atoms with Crippen LogP contribution in [0.15, 0.2) is 0 Å². The highest BCUT2D eigenvalue weighted by Crippen LogP contribution is 2.49. The maximum absolute atomic E-state index is 12.8. The number of alkyl halides is 4. The molecule has 1 heterocycles. The van der Waals surface area contributed by atoms with Crippen LogP contribution in [0.3, 0.4) is 0 Å². The van der Waals surface area contributed by atoms with E-state index in [-0.39, 0.29) is 17.7 Å². The lowest BCUT2D eigenvalue weighted by Crippen LogP contribution is -2.61. The number of nitrogens with zero attached hydrogens (tertiary/aromatic N) is 1. The number of nitrogens with one attached hydrogen (secondary N) is 1. The Balaban J connectivity index is 2.20. The van der Waals surface area contributed by atoms with Gasteiger partial charge in [0.1, 0.15) is 12.0 Å². The lowest BCUT2D eigenvalue weighted by atomic mass is 10.0. The molecular weight excluding hydrogens is 260 g/mol. The summed E-state index contributed by atoms with van der Waals surface area (Å²) in [5, 5.41) is 1.72. The van der Waals surface area contributed by atoms with Crippen molar-refractivity contribution in [2.24, 2.45) is 5.41 Å². The number of urea groups is 1. The normalized spacial score (nSPS) is 22.7. The number of hydrogen-bond donors (Lipinski definition) is 1. The Morgan fingerprint density at radius 1 is 1.28 bits per heavy atom. The number of rotatable bonds is 3. The Kier molecular flexibility index (Phi) is 2.60. The number of barbiturate groups is 1. The molecule has 4 amide bonds. The second-order valence-corrected chi connectivity index (χ2v) is 4.29. The highest BCUT2D eigenvalue weighted by atomic mass is 19.3. The van der Waals surface area contributed by atoms with Crippen LogP contribution in [0.1, 0.15) is 12.8 Å². The average Bonchev–Trinajstić information content (AvgIpc) is 3.03. The van der Waals surface area contributed by atoms with Crippen molar-refractivity contribution in [3.05, 3.63) is 0 Å². The van der Waals surface area contributed by atoms with Crippen molar-refractivity contribution in [1.29, 1.82) is 0 Å². The van der Waals surface area contributed by atoms with Crippen molar-refractivity contribution in [3.63, 3.8) is 0 Å². The predicted molar refractivity (Wildman–Crippen MR) is 47.9 cm³/mol. The zero-order valence-corrected chi connectivity index (χ0v) is 8.88. The molecule has 0 atom stereocenters. The first-order valence-corrected chi connectivity index (χ1v) is 5.04. The summed E-state index contributed by atoms with van der Waals surface area (Å²) in [6.45, 7) is -1.73. The highest BCUT2D eigenvalue weighted by molar-refractivity contribution is 6.20. The van der Waals surface area contributed by atoms with E-state index >= 15 is 0 Å². The summed E-state index contributed by atoms with van der Waals surface area (Å²) in [6.07, 6.45) is -3.74. The van der Waals surface area contributed by atoms with Crippen LogP contribution in [-0.4, -0.2) is 41.6 Å². The number of amides is 4. The van der Waals surface area contributed by atoms with Gasteiger partial charge in [0.05, 0.1) is 0 Å². The van der Waals surface area contributed by atoms with Crippen LogP contribution >= 0.6 is 0 Å². The molecule has 1 spiro atoms. The van der Waals surface area contributed by atoms with Gasteiger partial charge >= 0.3 is 18.4 Å².